The molecule has 0 aliphatic rings. The van der Waals surface area contributed by atoms with Crippen LogP contribution < -0.4 is 10.2 Å². The Kier molecular flexibility index (Phi) is 4.94. The first-order valence-electron chi connectivity index (χ1n) is 9.50. The molecule has 1 heterocycles. The predicted octanol–water partition coefficient (Wildman–Crippen LogP) is 4.44. The maximum atomic E-state index is 12.8. The van der Waals surface area contributed by atoms with Gasteiger partial charge in [0.1, 0.15) is 16.7 Å². The molecule has 1 unspecified atom stereocenters. The molecule has 0 aliphatic carbocycles. The maximum absolute atomic E-state index is 12.8. The van der Waals surface area contributed by atoms with Gasteiger partial charge in [0.25, 0.3) is 0 Å². The molecule has 0 radical (unpaired) electrons. The minimum Gasteiger partial charge on any atom is -0.504 e. The summed E-state index contributed by atoms with van der Waals surface area (Å²) in [5, 5.41) is 41.0. The highest BCUT2D eigenvalue weighted by Crippen LogP contribution is 2.48. The Hall–Kier alpha value is -4.13. The molecule has 7 heteroatoms. The second kappa shape index (κ2) is 7.60. The molecular weight excluding hydrogens is 400 g/mol. The van der Waals surface area contributed by atoms with Gasteiger partial charge in [0, 0.05) is 23.1 Å². The summed E-state index contributed by atoms with van der Waals surface area (Å²) >= 11 is 0. The molecular formula is C24H20O7. The van der Waals surface area contributed by atoms with Gasteiger partial charge in [0.05, 0.1) is 7.11 Å². The Morgan fingerprint density at radius 2 is 1.61 bits per heavy atom. The van der Waals surface area contributed by atoms with Gasteiger partial charge in [-0.2, -0.15) is 0 Å². The first-order valence-corrected chi connectivity index (χ1v) is 9.50. The van der Waals surface area contributed by atoms with E-state index < -0.39 is 28.6 Å². The van der Waals surface area contributed by atoms with Crippen molar-refractivity contribution < 1.29 is 29.6 Å². The number of aromatic hydroxyl groups is 4. The van der Waals surface area contributed by atoms with Crippen molar-refractivity contribution in [3.8, 4) is 40.1 Å². The van der Waals surface area contributed by atoms with Crippen LogP contribution in [0.5, 0.6) is 28.7 Å². The number of phenols is 4. The topological polar surface area (TPSA) is 120 Å². The third-order valence-electron chi connectivity index (χ3n) is 5.33. The van der Waals surface area contributed by atoms with Crippen LogP contribution in [0.2, 0.25) is 0 Å². The van der Waals surface area contributed by atoms with Gasteiger partial charge < -0.3 is 29.6 Å². The lowest BCUT2D eigenvalue weighted by Gasteiger charge is -2.19. The van der Waals surface area contributed by atoms with Crippen LogP contribution in [0.25, 0.3) is 22.3 Å². The Morgan fingerprint density at radius 3 is 2.29 bits per heavy atom. The standard InChI is InChI=1S/C24H20O7/c1-12(14-8-9-15(25)18(10-14)30-2)19-21(27)23(29)22(28)20-16(26)11-17(31-24(19)20)13-6-4-3-5-7-13/h3-12,25,27-29H,1-2H3. The van der Waals surface area contributed by atoms with Crippen LogP contribution in [-0.2, 0) is 0 Å². The predicted molar refractivity (Wildman–Crippen MR) is 115 cm³/mol. The van der Waals surface area contributed by atoms with E-state index in [0.717, 1.165) is 0 Å². The summed E-state index contributed by atoms with van der Waals surface area (Å²) in [4.78, 5) is 12.8. The van der Waals surface area contributed by atoms with Gasteiger partial charge in [0.15, 0.2) is 28.4 Å². The van der Waals surface area contributed by atoms with Gasteiger partial charge >= 0.3 is 0 Å². The van der Waals surface area contributed by atoms with Crippen LogP contribution >= 0.6 is 0 Å². The smallest absolute Gasteiger partial charge is 0.201 e. The maximum Gasteiger partial charge on any atom is 0.201 e. The number of hydrogen-bond acceptors (Lipinski definition) is 7. The molecule has 1 aromatic heterocycles. The summed E-state index contributed by atoms with van der Waals surface area (Å²) in [5.74, 6) is -2.34. The van der Waals surface area contributed by atoms with Gasteiger partial charge in [-0.3, -0.25) is 4.79 Å². The number of methoxy groups -OCH3 is 1. The van der Waals surface area contributed by atoms with Gasteiger partial charge in [-0.25, -0.2) is 0 Å². The van der Waals surface area contributed by atoms with Gasteiger partial charge in [0.2, 0.25) is 5.75 Å². The van der Waals surface area contributed by atoms with Crippen LogP contribution in [0, 0.1) is 0 Å². The van der Waals surface area contributed by atoms with Crippen LogP contribution in [0.1, 0.15) is 24.0 Å². The third kappa shape index (κ3) is 3.30. The minimum absolute atomic E-state index is 0.0429. The molecule has 0 amide bonds. The van der Waals surface area contributed by atoms with Crippen molar-refractivity contribution in [3.63, 3.8) is 0 Å². The van der Waals surface area contributed by atoms with Crippen molar-refractivity contribution in [1.82, 2.24) is 0 Å². The molecule has 158 valence electrons. The molecule has 3 aromatic carbocycles. The molecule has 4 rings (SSSR count). The molecule has 1 atom stereocenters. The zero-order valence-corrected chi connectivity index (χ0v) is 16.8. The zero-order valence-electron chi connectivity index (χ0n) is 16.8. The van der Waals surface area contributed by atoms with Crippen molar-refractivity contribution in [2.24, 2.45) is 0 Å². The molecule has 0 fully saturated rings. The Labute approximate surface area is 177 Å². The molecule has 0 spiro atoms. The molecule has 31 heavy (non-hydrogen) atoms. The summed E-state index contributed by atoms with van der Waals surface area (Å²) < 4.78 is 11.1. The number of fused-ring (bicyclic) bond motifs is 1. The highest BCUT2D eigenvalue weighted by molar-refractivity contribution is 5.93. The number of hydrogen-bond donors (Lipinski definition) is 4. The molecule has 0 bridgehead atoms. The van der Waals surface area contributed by atoms with Crippen LogP contribution in [0.4, 0.5) is 0 Å². The monoisotopic (exact) mass is 420 g/mol. The number of ether oxygens (including phenoxy) is 1. The largest absolute Gasteiger partial charge is 0.504 e. The van der Waals surface area contributed by atoms with E-state index >= 15 is 0 Å². The second-order valence-corrected chi connectivity index (χ2v) is 7.16. The van der Waals surface area contributed by atoms with E-state index in [9.17, 15) is 25.2 Å². The summed E-state index contributed by atoms with van der Waals surface area (Å²) in [5.41, 5.74) is 0.763. The van der Waals surface area contributed by atoms with Crippen molar-refractivity contribution >= 4 is 11.0 Å². The molecule has 7 nitrogen and oxygen atoms in total. The molecule has 0 saturated carbocycles. The Morgan fingerprint density at radius 1 is 0.903 bits per heavy atom. The molecule has 0 aliphatic heterocycles. The van der Waals surface area contributed by atoms with Crippen molar-refractivity contribution in [1.29, 1.82) is 0 Å². The van der Waals surface area contributed by atoms with E-state index in [1.54, 1.807) is 43.3 Å². The lowest BCUT2D eigenvalue weighted by atomic mass is 9.90. The Bertz CT molecular complexity index is 1340. The minimum atomic E-state index is -0.806. The fourth-order valence-electron chi connectivity index (χ4n) is 3.65. The fraction of sp³-hybridized carbons (Fsp3) is 0.125. The first-order chi connectivity index (χ1) is 14.8. The van der Waals surface area contributed by atoms with Gasteiger partial charge in [-0.1, -0.05) is 43.3 Å². The third-order valence-corrected chi connectivity index (χ3v) is 5.33. The normalized spacial score (nSPS) is 12.1. The lowest BCUT2D eigenvalue weighted by Crippen LogP contribution is -2.06. The van der Waals surface area contributed by atoms with E-state index in [4.69, 9.17) is 9.15 Å². The average molecular weight is 420 g/mol. The van der Waals surface area contributed by atoms with E-state index in [2.05, 4.69) is 0 Å². The molecule has 0 saturated heterocycles. The summed E-state index contributed by atoms with van der Waals surface area (Å²) in [6.45, 7) is 1.73. The summed E-state index contributed by atoms with van der Waals surface area (Å²) in [6, 6.07) is 14.8. The van der Waals surface area contributed by atoms with E-state index in [1.165, 1.54) is 19.2 Å². The molecule has 4 aromatic rings. The molecule has 4 N–H and O–H groups in total. The fourth-order valence-corrected chi connectivity index (χ4v) is 3.65. The first kappa shape index (κ1) is 20.2. The number of benzene rings is 3. The lowest BCUT2D eigenvalue weighted by molar-refractivity contribution is 0.365. The van der Waals surface area contributed by atoms with Gasteiger partial charge in [-0.05, 0) is 17.7 Å². The van der Waals surface area contributed by atoms with E-state index in [-0.39, 0.29) is 33.8 Å². The van der Waals surface area contributed by atoms with Crippen molar-refractivity contribution in [2.45, 2.75) is 12.8 Å². The number of phenolic OH excluding ortho intramolecular Hbond substituents is 4. The van der Waals surface area contributed by atoms with Gasteiger partial charge in [-0.15, -0.1) is 0 Å². The van der Waals surface area contributed by atoms with Crippen molar-refractivity contribution in [3.05, 3.63) is 75.9 Å². The van der Waals surface area contributed by atoms with E-state index in [1.807, 2.05) is 6.07 Å². The van der Waals surface area contributed by atoms with Crippen LogP contribution in [-0.4, -0.2) is 27.5 Å². The zero-order chi connectivity index (χ0) is 22.3. The van der Waals surface area contributed by atoms with E-state index in [0.29, 0.717) is 11.1 Å². The number of rotatable bonds is 4. The summed E-state index contributed by atoms with van der Waals surface area (Å²) in [7, 11) is 1.41. The highest BCUT2D eigenvalue weighted by atomic mass is 16.5. The SMILES string of the molecule is COc1cc(C(C)c2c(O)c(O)c(O)c3c(=O)cc(-c4ccccc4)oc23)ccc1O. The van der Waals surface area contributed by atoms with Crippen LogP contribution in [0.3, 0.4) is 0 Å². The highest BCUT2D eigenvalue weighted by Gasteiger charge is 2.27. The average Bonchev–Trinajstić information content (AvgIpc) is 2.78. The second-order valence-electron chi connectivity index (χ2n) is 7.16. The van der Waals surface area contributed by atoms with Crippen molar-refractivity contribution in [2.75, 3.05) is 7.11 Å². The summed E-state index contributed by atoms with van der Waals surface area (Å²) in [6.07, 6.45) is 0. The van der Waals surface area contributed by atoms with Crippen LogP contribution in [0.15, 0.2) is 63.8 Å². The quantitative estimate of drug-likeness (QED) is 0.360. The Balaban J connectivity index is 2.04.